The molecule has 0 fully saturated rings. The number of carbonyl (C=O) groups is 2. The number of aliphatic carboxylic acids is 1. The molecule has 0 aromatic carbocycles. The average molecular weight is 242 g/mol. The molecule has 16 heavy (non-hydrogen) atoms. The second-order valence-corrected chi connectivity index (χ2v) is 5.20. The fourth-order valence-corrected chi connectivity index (χ4v) is 1.71. The topological polar surface area (TPSA) is 79.3 Å². The van der Waals surface area contributed by atoms with Gasteiger partial charge in [0.1, 0.15) is 11.7 Å². The number of nitrogens with zero attached hydrogens (tertiary/aromatic N) is 1. The lowest BCUT2D eigenvalue weighted by atomic mass is 9.87. The van der Waals surface area contributed by atoms with E-state index in [4.69, 9.17) is 5.11 Å². The number of amides is 1. The predicted octanol–water partition coefficient (Wildman–Crippen LogP) is 1.37. The minimum Gasteiger partial charge on any atom is -0.480 e. The number of hydrogen-bond donors (Lipinski definition) is 2. The molecule has 0 saturated carbocycles. The molecule has 1 amide bonds. The van der Waals surface area contributed by atoms with Crippen LogP contribution in [0, 0.1) is 5.41 Å². The second-order valence-electron chi connectivity index (χ2n) is 4.48. The lowest BCUT2D eigenvalue weighted by molar-refractivity contribution is -0.142. The van der Waals surface area contributed by atoms with Crippen LogP contribution < -0.4 is 5.32 Å². The molecule has 0 spiro atoms. The number of hydrogen-bond acceptors (Lipinski definition) is 4. The normalized spacial score (nSPS) is 13.2. The maximum atomic E-state index is 11.6. The smallest absolute Gasteiger partial charge is 0.326 e. The fraction of sp³-hybridized carbons (Fsp3) is 0.500. The molecule has 0 bridgehead atoms. The Morgan fingerprint density at radius 3 is 2.50 bits per heavy atom. The molecule has 2 N–H and O–H groups in total. The summed E-state index contributed by atoms with van der Waals surface area (Å²) in [6, 6.07) is -0.929. The lowest BCUT2D eigenvalue weighted by Gasteiger charge is -2.27. The minimum atomic E-state index is -1.05. The van der Waals surface area contributed by atoms with Gasteiger partial charge in [-0.1, -0.05) is 20.8 Å². The first-order valence-corrected chi connectivity index (χ1v) is 5.68. The van der Waals surface area contributed by atoms with Gasteiger partial charge in [-0.3, -0.25) is 4.79 Å². The molecule has 6 heteroatoms. The standard InChI is InChI=1S/C10H14N2O3S/c1-10(2,3)7(9(14)15)12-8(13)6-4-16-5-11-6/h4-5,7H,1-3H3,(H,12,13)(H,14,15). The van der Waals surface area contributed by atoms with Gasteiger partial charge in [-0.25, -0.2) is 9.78 Å². The van der Waals surface area contributed by atoms with E-state index in [9.17, 15) is 9.59 Å². The van der Waals surface area contributed by atoms with Crippen molar-refractivity contribution in [2.75, 3.05) is 0 Å². The largest absolute Gasteiger partial charge is 0.480 e. The summed E-state index contributed by atoms with van der Waals surface area (Å²) in [5, 5.41) is 13.1. The van der Waals surface area contributed by atoms with Crippen molar-refractivity contribution in [3.63, 3.8) is 0 Å². The quantitative estimate of drug-likeness (QED) is 0.839. The van der Waals surface area contributed by atoms with Gasteiger partial charge in [0.25, 0.3) is 5.91 Å². The number of carboxylic acid groups (broad SMARTS) is 1. The van der Waals surface area contributed by atoms with Crippen LogP contribution in [0.4, 0.5) is 0 Å². The third-order valence-corrected chi connectivity index (χ3v) is 2.64. The van der Waals surface area contributed by atoms with Gasteiger partial charge >= 0.3 is 5.97 Å². The third-order valence-electron chi connectivity index (χ3n) is 2.05. The van der Waals surface area contributed by atoms with Gasteiger partial charge < -0.3 is 10.4 Å². The number of carboxylic acids is 1. The highest BCUT2D eigenvalue weighted by Crippen LogP contribution is 2.19. The highest BCUT2D eigenvalue weighted by atomic mass is 32.1. The molecule has 0 radical (unpaired) electrons. The Bertz CT molecular complexity index is 381. The molecule has 1 heterocycles. The Morgan fingerprint density at radius 1 is 1.50 bits per heavy atom. The van der Waals surface area contributed by atoms with E-state index in [1.807, 2.05) is 0 Å². The van der Waals surface area contributed by atoms with E-state index in [0.29, 0.717) is 0 Å². The molecule has 1 aromatic rings. The van der Waals surface area contributed by atoms with Crippen molar-refractivity contribution in [1.29, 1.82) is 0 Å². The summed E-state index contributed by atoms with van der Waals surface area (Å²) in [6.07, 6.45) is 0. The molecular weight excluding hydrogens is 228 g/mol. The van der Waals surface area contributed by atoms with Crippen molar-refractivity contribution >= 4 is 23.2 Å². The summed E-state index contributed by atoms with van der Waals surface area (Å²) in [5.74, 6) is -1.50. The summed E-state index contributed by atoms with van der Waals surface area (Å²) in [4.78, 5) is 26.5. The highest BCUT2D eigenvalue weighted by molar-refractivity contribution is 7.07. The van der Waals surface area contributed by atoms with Gasteiger partial charge in [-0.05, 0) is 5.41 Å². The Kier molecular flexibility index (Phi) is 3.64. The van der Waals surface area contributed by atoms with E-state index in [0.717, 1.165) is 0 Å². The van der Waals surface area contributed by atoms with Gasteiger partial charge in [0.2, 0.25) is 0 Å². The molecule has 1 rings (SSSR count). The SMILES string of the molecule is CC(C)(C)C(NC(=O)c1cscn1)C(=O)O. The van der Waals surface area contributed by atoms with Crippen molar-refractivity contribution in [3.05, 3.63) is 16.6 Å². The minimum absolute atomic E-state index is 0.250. The monoisotopic (exact) mass is 242 g/mol. The molecule has 0 saturated heterocycles. The van der Waals surface area contributed by atoms with Crippen LogP contribution in [0.5, 0.6) is 0 Å². The summed E-state index contributed by atoms with van der Waals surface area (Å²) in [7, 11) is 0. The Balaban J connectivity index is 2.78. The van der Waals surface area contributed by atoms with Crippen molar-refractivity contribution in [2.45, 2.75) is 26.8 Å². The zero-order valence-electron chi connectivity index (χ0n) is 9.35. The first-order chi connectivity index (χ1) is 7.32. The molecule has 5 nitrogen and oxygen atoms in total. The van der Waals surface area contributed by atoms with Crippen LogP contribution in [0.25, 0.3) is 0 Å². The van der Waals surface area contributed by atoms with Crippen LogP contribution in [0.1, 0.15) is 31.3 Å². The molecule has 0 aliphatic heterocycles. The molecule has 88 valence electrons. The molecule has 1 aromatic heterocycles. The molecule has 1 atom stereocenters. The summed E-state index contributed by atoms with van der Waals surface area (Å²) in [6.45, 7) is 5.27. The number of carbonyl (C=O) groups excluding carboxylic acids is 1. The van der Waals surface area contributed by atoms with E-state index in [1.54, 1.807) is 26.2 Å². The number of thiazole rings is 1. The van der Waals surface area contributed by atoms with Crippen LogP contribution in [-0.2, 0) is 4.79 Å². The predicted molar refractivity (Wildman–Crippen MR) is 60.5 cm³/mol. The Morgan fingerprint density at radius 2 is 2.12 bits per heavy atom. The van der Waals surface area contributed by atoms with E-state index in [1.165, 1.54) is 16.8 Å². The van der Waals surface area contributed by atoms with Crippen molar-refractivity contribution in [3.8, 4) is 0 Å². The van der Waals surface area contributed by atoms with Gasteiger partial charge in [-0.15, -0.1) is 11.3 Å². The fourth-order valence-electron chi connectivity index (χ4n) is 1.18. The first kappa shape index (κ1) is 12.6. The van der Waals surface area contributed by atoms with E-state index in [2.05, 4.69) is 10.3 Å². The third kappa shape index (κ3) is 3.03. The van der Waals surface area contributed by atoms with Gasteiger partial charge in [0, 0.05) is 5.38 Å². The van der Waals surface area contributed by atoms with Gasteiger partial charge in [-0.2, -0.15) is 0 Å². The van der Waals surface area contributed by atoms with Crippen LogP contribution in [0.2, 0.25) is 0 Å². The van der Waals surface area contributed by atoms with Crippen LogP contribution in [0.3, 0.4) is 0 Å². The lowest BCUT2D eigenvalue weighted by Crippen LogP contribution is -2.49. The second kappa shape index (κ2) is 4.61. The van der Waals surface area contributed by atoms with E-state index < -0.39 is 23.3 Å². The summed E-state index contributed by atoms with van der Waals surface area (Å²) < 4.78 is 0. The van der Waals surface area contributed by atoms with E-state index in [-0.39, 0.29) is 5.69 Å². The summed E-state index contributed by atoms with van der Waals surface area (Å²) in [5.41, 5.74) is 1.24. The Labute approximate surface area is 97.5 Å². The Hall–Kier alpha value is -1.43. The number of nitrogens with one attached hydrogen (secondary N) is 1. The number of aromatic nitrogens is 1. The molecule has 0 aliphatic carbocycles. The number of rotatable bonds is 3. The van der Waals surface area contributed by atoms with Crippen molar-refractivity contribution in [2.24, 2.45) is 5.41 Å². The zero-order chi connectivity index (χ0) is 12.3. The van der Waals surface area contributed by atoms with Gasteiger partial charge in [0.15, 0.2) is 0 Å². The molecule has 0 aliphatic rings. The van der Waals surface area contributed by atoms with E-state index >= 15 is 0 Å². The van der Waals surface area contributed by atoms with Crippen LogP contribution in [-0.4, -0.2) is 28.0 Å². The highest BCUT2D eigenvalue weighted by Gasteiger charge is 2.33. The summed E-state index contributed by atoms with van der Waals surface area (Å²) >= 11 is 1.29. The zero-order valence-corrected chi connectivity index (χ0v) is 10.2. The molecular formula is C10H14N2O3S. The maximum absolute atomic E-state index is 11.6. The first-order valence-electron chi connectivity index (χ1n) is 4.74. The van der Waals surface area contributed by atoms with Crippen molar-refractivity contribution in [1.82, 2.24) is 10.3 Å². The van der Waals surface area contributed by atoms with Crippen LogP contribution >= 0.6 is 11.3 Å². The average Bonchev–Trinajstić information content (AvgIpc) is 2.63. The maximum Gasteiger partial charge on any atom is 0.326 e. The molecule has 1 unspecified atom stereocenters. The van der Waals surface area contributed by atoms with Crippen LogP contribution in [0.15, 0.2) is 10.9 Å². The van der Waals surface area contributed by atoms with Gasteiger partial charge in [0.05, 0.1) is 5.51 Å². The van der Waals surface area contributed by atoms with Crippen molar-refractivity contribution < 1.29 is 14.7 Å².